The highest BCUT2D eigenvalue weighted by Crippen LogP contribution is 2.21. The monoisotopic (exact) mass is 348 g/mol. The number of benzene rings is 1. The Balaban J connectivity index is 1.91. The molecule has 2 aromatic rings. The molecule has 0 aliphatic rings. The molecular formula is C18H21FN2O2S. The number of carbonyl (C=O) groups excluding carboxylic acids is 1. The molecule has 0 aliphatic heterocycles. The van der Waals surface area contributed by atoms with Crippen LogP contribution in [0.2, 0.25) is 0 Å². The Bertz CT molecular complexity index is 682. The first-order valence-electron chi connectivity index (χ1n) is 7.77. The molecule has 0 fully saturated rings. The van der Waals surface area contributed by atoms with E-state index < -0.39 is 0 Å². The number of carbonyl (C=O) groups is 1. The summed E-state index contributed by atoms with van der Waals surface area (Å²) >= 11 is 1.62. The van der Waals surface area contributed by atoms with Gasteiger partial charge in [0.2, 0.25) is 5.91 Å². The van der Waals surface area contributed by atoms with E-state index in [4.69, 9.17) is 5.11 Å². The molecule has 0 radical (unpaired) electrons. The zero-order valence-corrected chi connectivity index (χ0v) is 14.4. The molecule has 0 bridgehead atoms. The van der Waals surface area contributed by atoms with E-state index in [9.17, 15) is 9.18 Å². The second kappa shape index (κ2) is 9.39. The molecule has 1 heterocycles. The molecule has 1 aromatic heterocycles. The number of thioether (sulfide) groups is 1. The first-order chi connectivity index (χ1) is 11.6. The van der Waals surface area contributed by atoms with Gasteiger partial charge in [0.25, 0.3) is 0 Å². The molecule has 2 rings (SSSR count). The summed E-state index contributed by atoms with van der Waals surface area (Å²) in [7, 11) is 0. The van der Waals surface area contributed by atoms with Crippen molar-refractivity contribution in [3.05, 3.63) is 59.5 Å². The van der Waals surface area contributed by atoms with Crippen molar-refractivity contribution < 1.29 is 14.3 Å². The number of pyridine rings is 1. The van der Waals surface area contributed by atoms with E-state index in [2.05, 4.69) is 10.3 Å². The highest BCUT2D eigenvalue weighted by molar-refractivity contribution is 7.98. The lowest BCUT2D eigenvalue weighted by Gasteiger charge is -2.12. The highest BCUT2D eigenvalue weighted by atomic mass is 32.2. The van der Waals surface area contributed by atoms with E-state index >= 15 is 0 Å². The smallest absolute Gasteiger partial charge is 0.226 e. The van der Waals surface area contributed by atoms with E-state index in [0.29, 0.717) is 11.6 Å². The fourth-order valence-electron chi connectivity index (χ4n) is 2.29. The molecule has 0 saturated heterocycles. The maximum atomic E-state index is 13.3. The molecule has 1 unspecified atom stereocenters. The predicted molar refractivity (Wildman–Crippen MR) is 95.5 cm³/mol. The number of aliphatic hydroxyl groups excluding tert-OH is 1. The van der Waals surface area contributed by atoms with Gasteiger partial charge in [0.15, 0.2) is 0 Å². The first kappa shape index (κ1) is 18.4. The number of rotatable bonds is 8. The number of halogens is 1. The van der Waals surface area contributed by atoms with Crippen LogP contribution in [0.1, 0.15) is 30.4 Å². The van der Waals surface area contributed by atoms with E-state index in [1.165, 1.54) is 12.1 Å². The van der Waals surface area contributed by atoms with E-state index in [1.54, 1.807) is 24.0 Å². The Labute approximate surface area is 145 Å². The zero-order valence-electron chi connectivity index (χ0n) is 13.5. The zero-order chi connectivity index (χ0) is 17.4. The van der Waals surface area contributed by atoms with Gasteiger partial charge in [-0.15, -0.1) is 0 Å². The third-order valence-corrected chi connectivity index (χ3v) is 4.51. The topological polar surface area (TPSA) is 62.2 Å². The average molecular weight is 348 g/mol. The van der Waals surface area contributed by atoms with Crippen molar-refractivity contribution in [3.8, 4) is 0 Å². The van der Waals surface area contributed by atoms with Gasteiger partial charge in [0, 0.05) is 24.1 Å². The predicted octanol–water partition coefficient (Wildman–Crippen LogP) is 3.58. The van der Waals surface area contributed by atoms with E-state index in [0.717, 1.165) is 16.9 Å². The van der Waals surface area contributed by atoms with Crippen molar-refractivity contribution in [2.45, 2.75) is 25.0 Å². The van der Waals surface area contributed by atoms with Gasteiger partial charge in [-0.05, 0) is 41.3 Å². The Morgan fingerprint density at radius 2 is 2.21 bits per heavy atom. The number of nitrogens with zero attached hydrogens (tertiary/aromatic N) is 1. The summed E-state index contributed by atoms with van der Waals surface area (Å²) in [5, 5.41) is 11.6. The Morgan fingerprint density at radius 3 is 2.96 bits per heavy atom. The number of hydrogen-bond donors (Lipinski definition) is 2. The third kappa shape index (κ3) is 5.94. The van der Waals surface area contributed by atoms with Crippen LogP contribution in [0.25, 0.3) is 0 Å². The van der Waals surface area contributed by atoms with Gasteiger partial charge in [-0.2, -0.15) is 11.8 Å². The minimum Gasteiger partial charge on any atom is -0.396 e. The van der Waals surface area contributed by atoms with Gasteiger partial charge in [0.1, 0.15) is 11.6 Å². The summed E-state index contributed by atoms with van der Waals surface area (Å²) in [4.78, 5) is 16.3. The third-order valence-electron chi connectivity index (χ3n) is 3.51. The lowest BCUT2D eigenvalue weighted by molar-refractivity contribution is -0.116. The van der Waals surface area contributed by atoms with Crippen molar-refractivity contribution in [3.63, 3.8) is 0 Å². The molecule has 1 amide bonds. The van der Waals surface area contributed by atoms with Crippen molar-refractivity contribution in [1.29, 1.82) is 0 Å². The van der Waals surface area contributed by atoms with Gasteiger partial charge in [-0.25, -0.2) is 9.37 Å². The van der Waals surface area contributed by atoms with E-state index in [-0.39, 0.29) is 30.7 Å². The van der Waals surface area contributed by atoms with Gasteiger partial charge in [0.05, 0.1) is 6.61 Å². The molecule has 1 aromatic carbocycles. The van der Waals surface area contributed by atoms with Gasteiger partial charge < -0.3 is 10.4 Å². The summed E-state index contributed by atoms with van der Waals surface area (Å²) in [5.41, 5.74) is 1.84. The summed E-state index contributed by atoms with van der Waals surface area (Å²) < 4.78 is 13.3. The molecule has 1 atom stereocenters. The van der Waals surface area contributed by atoms with Gasteiger partial charge in [-0.1, -0.05) is 19.1 Å². The number of aromatic nitrogens is 1. The maximum Gasteiger partial charge on any atom is 0.226 e. The van der Waals surface area contributed by atoms with Gasteiger partial charge >= 0.3 is 0 Å². The number of nitrogens with one attached hydrogen (secondary N) is 1. The fourth-order valence-corrected chi connectivity index (χ4v) is 2.98. The highest BCUT2D eigenvalue weighted by Gasteiger charge is 2.12. The molecule has 4 nitrogen and oxygen atoms in total. The van der Waals surface area contributed by atoms with Crippen LogP contribution in [0.15, 0.2) is 42.6 Å². The van der Waals surface area contributed by atoms with Gasteiger partial charge in [-0.3, -0.25) is 4.79 Å². The molecule has 0 spiro atoms. The standard InChI is InChI=1S/C18H21FN2O2S/c1-13(15-3-2-4-16(19)11-15)9-18(23)21-17-10-14(5-6-20-17)12-24-8-7-22/h2-6,10-11,13,22H,7-9,12H2,1H3,(H,20,21,23). The Kier molecular flexibility index (Phi) is 7.21. The number of amides is 1. The van der Waals surface area contributed by atoms with Crippen molar-refractivity contribution >= 4 is 23.5 Å². The largest absolute Gasteiger partial charge is 0.396 e. The second-order valence-electron chi connectivity index (χ2n) is 5.53. The van der Waals surface area contributed by atoms with E-state index in [1.807, 2.05) is 25.1 Å². The van der Waals surface area contributed by atoms with Crippen LogP contribution < -0.4 is 5.32 Å². The quantitative estimate of drug-likeness (QED) is 0.716. The lowest BCUT2D eigenvalue weighted by atomic mass is 9.97. The average Bonchev–Trinajstić information content (AvgIpc) is 2.55. The van der Waals surface area contributed by atoms with Crippen LogP contribution >= 0.6 is 11.8 Å². The van der Waals surface area contributed by atoms with Crippen LogP contribution in [0.5, 0.6) is 0 Å². The second-order valence-corrected chi connectivity index (χ2v) is 6.64. The minimum absolute atomic E-state index is 0.0796. The minimum atomic E-state index is -0.297. The molecule has 24 heavy (non-hydrogen) atoms. The molecular weight excluding hydrogens is 327 g/mol. The van der Waals surface area contributed by atoms with Crippen LogP contribution in [0.4, 0.5) is 10.2 Å². The molecule has 0 saturated carbocycles. The Morgan fingerprint density at radius 1 is 1.38 bits per heavy atom. The summed E-state index contributed by atoms with van der Waals surface area (Å²) in [6.45, 7) is 2.04. The summed E-state index contributed by atoms with van der Waals surface area (Å²) in [6, 6.07) is 10.0. The summed E-state index contributed by atoms with van der Waals surface area (Å²) in [5.74, 6) is 1.41. The van der Waals surface area contributed by atoms with Crippen LogP contribution in [-0.2, 0) is 10.5 Å². The number of anilines is 1. The van der Waals surface area contributed by atoms with Crippen LogP contribution in [0.3, 0.4) is 0 Å². The van der Waals surface area contributed by atoms with Crippen LogP contribution in [-0.4, -0.2) is 28.4 Å². The Hall–Kier alpha value is -1.92. The summed E-state index contributed by atoms with van der Waals surface area (Å²) in [6.07, 6.45) is 1.91. The SMILES string of the molecule is CC(CC(=O)Nc1cc(CSCCO)ccn1)c1cccc(F)c1. The number of aliphatic hydroxyl groups is 1. The normalized spacial score (nSPS) is 12.0. The maximum absolute atomic E-state index is 13.3. The van der Waals surface area contributed by atoms with Crippen LogP contribution in [0, 0.1) is 5.82 Å². The number of hydrogen-bond acceptors (Lipinski definition) is 4. The lowest BCUT2D eigenvalue weighted by Crippen LogP contribution is -2.15. The molecule has 0 aliphatic carbocycles. The first-order valence-corrected chi connectivity index (χ1v) is 8.93. The molecule has 128 valence electrons. The van der Waals surface area contributed by atoms with Crippen molar-refractivity contribution in [2.75, 3.05) is 17.7 Å². The van der Waals surface area contributed by atoms with Crippen molar-refractivity contribution in [1.82, 2.24) is 4.98 Å². The molecule has 6 heteroatoms. The molecule has 2 N–H and O–H groups in total. The fraction of sp³-hybridized carbons (Fsp3) is 0.333. The van der Waals surface area contributed by atoms with Crippen molar-refractivity contribution in [2.24, 2.45) is 0 Å².